The van der Waals surface area contributed by atoms with Crippen LogP contribution in [-0.4, -0.2) is 9.97 Å². The van der Waals surface area contributed by atoms with Crippen molar-refractivity contribution >= 4 is 17.6 Å². The van der Waals surface area contributed by atoms with Crippen LogP contribution in [0, 0.1) is 6.92 Å². The zero-order valence-electron chi connectivity index (χ0n) is 12.3. The van der Waals surface area contributed by atoms with Crippen molar-refractivity contribution in [3.8, 4) is 0 Å². The molecule has 0 saturated carbocycles. The van der Waals surface area contributed by atoms with Gasteiger partial charge < -0.3 is 5.43 Å². The molecule has 0 saturated heterocycles. The maximum atomic E-state index is 5.58. The largest absolute Gasteiger partial charge is 0.308 e. The van der Waals surface area contributed by atoms with Gasteiger partial charge in [0.15, 0.2) is 0 Å². The van der Waals surface area contributed by atoms with Crippen molar-refractivity contribution in [3.63, 3.8) is 0 Å². The molecule has 0 aliphatic carbocycles. The highest BCUT2D eigenvalue weighted by Gasteiger charge is 2.21. The lowest BCUT2D eigenvalue weighted by Crippen LogP contribution is -2.20. The molecule has 1 aromatic carbocycles. The lowest BCUT2D eigenvalue weighted by atomic mass is 9.95. The molecule has 0 bridgehead atoms. The topological polar surface area (TPSA) is 63.8 Å². The lowest BCUT2D eigenvalue weighted by molar-refractivity contribution is 0.538. The molecule has 0 fully saturated rings. The van der Waals surface area contributed by atoms with Crippen LogP contribution < -0.4 is 11.3 Å². The van der Waals surface area contributed by atoms with E-state index in [-0.39, 0.29) is 5.41 Å². The Kier molecular flexibility index (Phi) is 4.30. The minimum Gasteiger partial charge on any atom is -0.308 e. The third-order valence-corrected chi connectivity index (χ3v) is 3.97. The first kappa shape index (κ1) is 14.8. The molecule has 106 valence electrons. The fourth-order valence-electron chi connectivity index (χ4n) is 1.67. The molecule has 0 radical (unpaired) electrons. The second-order valence-corrected chi connectivity index (χ2v) is 6.70. The van der Waals surface area contributed by atoms with E-state index in [9.17, 15) is 0 Å². The number of nitrogens with zero attached hydrogens (tertiary/aromatic N) is 2. The third-order valence-electron chi connectivity index (χ3n) is 2.87. The summed E-state index contributed by atoms with van der Waals surface area (Å²) in [6, 6.07) is 10.2. The molecule has 0 unspecified atom stereocenters. The van der Waals surface area contributed by atoms with Crippen LogP contribution >= 0.6 is 11.8 Å². The van der Waals surface area contributed by atoms with E-state index in [0.29, 0.717) is 5.82 Å². The average molecular weight is 288 g/mol. The van der Waals surface area contributed by atoms with Crippen molar-refractivity contribution in [3.05, 3.63) is 41.7 Å². The molecule has 2 aromatic rings. The Morgan fingerprint density at radius 2 is 1.75 bits per heavy atom. The summed E-state index contributed by atoms with van der Waals surface area (Å²) in [7, 11) is 0. The van der Waals surface area contributed by atoms with E-state index in [4.69, 9.17) is 10.8 Å². The van der Waals surface area contributed by atoms with Crippen molar-refractivity contribution in [2.75, 3.05) is 5.43 Å². The summed E-state index contributed by atoms with van der Waals surface area (Å²) in [5, 5.41) is 0.934. The Morgan fingerprint density at radius 1 is 1.10 bits per heavy atom. The van der Waals surface area contributed by atoms with E-state index in [1.165, 1.54) is 0 Å². The van der Waals surface area contributed by atoms with Crippen LogP contribution in [0.1, 0.15) is 32.2 Å². The Hall–Kier alpha value is -1.59. The van der Waals surface area contributed by atoms with Crippen LogP contribution in [0.4, 0.5) is 5.82 Å². The minimum atomic E-state index is -0.120. The molecule has 20 heavy (non-hydrogen) atoms. The SMILES string of the molecule is Cc1c(NN)nc(C(C)(C)C)nc1Sc1ccccc1. The minimum absolute atomic E-state index is 0.120. The standard InChI is InChI=1S/C15H20N4S/c1-10-12(19-16)17-14(15(2,3)4)18-13(10)20-11-8-6-5-7-9-11/h5-9H,16H2,1-4H3,(H,17,18,19). The van der Waals surface area contributed by atoms with Crippen LogP contribution in [0.2, 0.25) is 0 Å². The first-order valence-electron chi connectivity index (χ1n) is 6.50. The van der Waals surface area contributed by atoms with E-state index in [0.717, 1.165) is 21.3 Å². The van der Waals surface area contributed by atoms with Gasteiger partial charge in [-0.15, -0.1) is 0 Å². The van der Waals surface area contributed by atoms with Gasteiger partial charge in [-0.2, -0.15) is 0 Å². The fourth-order valence-corrected chi connectivity index (χ4v) is 2.57. The van der Waals surface area contributed by atoms with Crippen LogP contribution in [0.25, 0.3) is 0 Å². The van der Waals surface area contributed by atoms with Gasteiger partial charge >= 0.3 is 0 Å². The van der Waals surface area contributed by atoms with Crippen molar-refractivity contribution in [1.82, 2.24) is 9.97 Å². The van der Waals surface area contributed by atoms with E-state index in [1.54, 1.807) is 11.8 Å². The number of nitrogens with one attached hydrogen (secondary N) is 1. The molecular formula is C15H20N4S. The molecule has 0 amide bonds. The molecule has 0 atom stereocenters. The molecule has 0 spiro atoms. The maximum absolute atomic E-state index is 5.58. The molecule has 1 heterocycles. The highest BCUT2D eigenvalue weighted by molar-refractivity contribution is 7.99. The molecule has 3 N–H and O–H groups in total. The zero-order valence-corrected chi connectivity index (χ0v) is 13.1. The van der Waals surface area contributed by atoms with Crippen molar-refractivity contribution in [1.29, 1.82) is 0 Å². The summed E-state index contributed by atoms with van der Waals surface area (Å²) in [6.45, 7) is 8.26. The summed E-state index contributed by atoms with van der Waals surface area (Å²) in [5.74, 6) is 7.05. The first-order chi connectivity index (χ1) is 9.41. The summed E-state index contributed by atoms with van der Waals surface area (Å²) in [6.07, 6.45) is 0. The van der Waals surface area contributed by atoms with Gasteiger partial charge in [0.2, 0.25) is 0 Å². The van der Waals surface area contributed by atoms with Crippen LogP contribution in [0.5, 0.6) is 0 Å². The van der Waals surface area contributed by atoms with Gasteiger partial charge in [0.1, 0.15) is 16.7 Å². The lowest BCUT2D eigenvalue weighted by Gasteiger charge is -2.20. The number of anilines is 1. The number of hydrogen-bond acceptors (Lipinski definition) is 5. The van der Waals surface area contributed by atoms with E-state index in [1.807, 2.05) is 25.1 Å². The zero-order chi connectivity index (χ0) is 14.8. The second-order valence-electron chi connectivity index (χ2n) is 5.64. The summed E-state index contributed by atoms with van der Waals surface area (Å²) < 4.78 is 0. The molecule has 2 rings (SSSR count). The van der Waals surface area contributed by atoms with Gasteiger partial charge in [-0.05, 0) is 19.1 Å². The third kappa shape index (κ3) is 3.29. The van der Waals surface area contributed by atoms with Crippen molar-refractivity contribution in [2.24, 2.45) is 5.84 Å². The molecule has 4 nitrogen and oxygen atoms in total. The van der Waals surface area contributed by atoms with Crippen molar-refractivity contribution < 1.29 is 0 Å². The average Bonchev–Trinajstić information content (AvgIpc) is 2.41. The number of nitrogens with two attached hydrogens (primary N) is 1. The Bertz CT molecular complexity index is 591. The normalized spacial score (nSPS) is 11.4. The predicted octanol–water partition coefficient (Wildman–Crippen LogP) is 3.52. The number of aromatic nitrogens is 2. The monoisotopic (exact) mass is 288 g/mol. The maximum Gasteiger partial charge on any atom is 0.147 e. The van der Waals surface area contributed by atoms with E-state index < -0.39 is 0 Å². The highest BCUT2D eigenvalue weighted by atomic mass is 32.2. The van der Waals surface area contributed by atoms with E-state index >= 15 is 0 Å². The van der Waals surface area contributed by atoms with Gasteiger partial charge in [-0.1, -0.05) is 50.7 Å². The van der Waals surface area contributed by atoms with Gasteiger partial charge in [0.25, 0.3) is 0 Å². The molecule has 0 aliphatic heterocycles. The second kappa shape index (κ2) is 5.81. The van der Waals surface area contributed by atoms with Gasteiger partial charge in [-0.25, -0.2) is 15.8 Å². The predicted molar refractivity (Wildman–Crippen MR) is 83.8 cm³/mol. The van der Waals surface area contributed by atoms with Gasteiger partial charge in [0, 0.05) is 15.9 Å². The van der Waals surface area contributed by atoms with Crippen molar-refractivity contribution in [2.45, 2.75) is 43.0 Å². The van der Waals surface area contributed by atoms with Gasteiger partial charge in [0.05, 0.1) is 0 Å². The summed E-state index contributed by atoms with van der Waals surface area (Å²) >= 11 is 1.63. The molecule has 1 aromatic heterocycles. The number of benzene rings is 1. The quantitative estimate of drug-likeness (QED) is 0.514. The Balaban J connectivity index is 2.46. The molecule has 5 heteroatoms. The smallest absolute Gasteiger partial charge is 0.147 e. The fraction of sp³-hybridized carbons (Fsp3) is 0.333. The van der Waals surface area contributed by atoms with Crippen LogP contribution in [0.3, 0.4) is 0 Å². The Morgan fingerprint density at radius 3 is 2.30 bits per heavy atom. The number of hydrogen-bond donors (Lipinski definition) is 2. The van der Waals surface area contributed by atoms with Crippen LogP contribution in [0.15, 0.2) is 40.3 Å². The number of nitrogen functional groups attached to an aromatic ring is 1. The van der Waals surface area contributed by atoms with Crippen LogP contribution in [-0.2, 0) is 5.41 Å². The first-order valence-corrected chi connectivity index (χ1v) is 7.32. The Labute approximate surface area is 124 Å². The molecule has 0 aliphatic rings. The van der Waals surface area contributed by atoms with Gasteiger partial charge in [-0.3, -0.25) is 0 Å². The van der Waals surface area contributed by atoms with E-state index in [2.05, 4.69) is 43.3 Å². The summed E-state index contributed by atoms with van der Waals surface area (Å²) in [4.78, 5) is 10.4. The number of rotatable bonds is 3. The highest BCUT2D eigenvalue weighted by Crippen LogP contribution is 2.33. The molecular weight excluding hydrogens is 268 g/mol. The number of hydrazine groups is 1. The summed E-state index contributed by atoms with van der Waals surface area (Å²) in [5.41, 5.74) is 3.52.